The highest BCUT2D eigenvalue weighted by atomic mass is 16.3. The molecule has 0 aromatic heterocycles. The summed E-state index contributed by atoms with van der Waals surface area (Å²) in [4.78, 5) is 0. The van der Waals surface area contributed by atoms with Gasteiger partial charge in [0.05, 0.1) is 0 Å². The fraction of sp³-hybridized carbons (Fsp3) is 0.700. The highest BCUT2D eigenvalue weighted by Gasteiger charge is 2.27. The number of hydrogen-bond donors (Lipinski definition) is 2. The quantitative estimate of drug-likeness (QED) is 0.617. The molecule has 0 atom stereocenters. The normalized spacial score (nSPS) is 15.6. The molecule has 22 heavy (non-hydrogen) atoms. The van der Waals surface area contributed by atoms with Crippen molar-refractivity contribution in [2.24, 2.45) is 0 Å². The van der Waals surface area contributed by atoms with Crippen LogP contribution in [0.2, 0.25) is 0 Å². The van der Waals surface area contributed by atoms with E-state index in [4.69, 9.17) is 0 Å². The monoisotopic (exact) mass is 304 g/mol. The SMILES string of the molecule is CCCCCCCc1c(C)c(C)c(O)c(C2CCCC2)c1O. The number of benzene rings is 1. The molecule has 124 valence electrons. The van der Waals surface area contributed by atoms with E-state index in [1.54, 1.807) is 0 Å². The molecule has 0 bridgehead atoms. The van der Waals surface area contributed by atoms with Crippen LogP contribution in [0.3, 0.4) is 0 Å². The van der Waals surface area contributed by atoms with Gasteiger partial charge < -0.3 is 10.2 Å². The van der Waals surface area contributed by atoms with Gasteiger partial charge in [0.25, 0.3) is 0 Å². The fourth-order valence-corrected chi connectivity index (χ4v) is 3.87. The molecule has 1 fully saturated rings. The Kier molecular flexibility index (Phi) is 6.16. The first-order valence-corrected chi connectivity index (χ1v) is 9.11. The van der Waals surface area contributed by atoms with E-state index >= 15 is 0 Å². The average molecular weight is 304 g/mol. The van der Waals surface area contributed by atoms with Gasteiger partial charge in [-0.25, -0.2) is 0 Å². The lowest BCUT2D eigenvalue weighted by molar-refractivity contribution is 0.419. The van der Waals surface area contributed by atoms with E-state index in [-0.39, 0.29) is 0 Å². The molecule has 1 aliphatic rings. The van der Waals surface area contributed by atoms with Crippen molar-refractivity contribution in [2.45, 2.75) is 90.9 Å². The maximum Gasteiger partial charge on any atom is 0.126 e. The van der Waals surface area contributed by atoms with Gasteiger partial charge in [0.2, 0.25) is 0 Å². The summed E-state index contributed by atoms with van der Waals surface area (Å²) in [6, 6.07) is 0. The molecule has 2 N–H and O–H groups in total. The van der Waals surface area contributed by atoms with Gasteiger partial charge >= 0.3 is 0 Å². The standard InChI is InChI=1S/C20H32O2/c1-4-5-6-7-8-13-17-14(2)15(3)19(21)18(20(17)22)16-11-9-10-12-16/h16,21-22H,4-13H2,1-3H3. The lowest BCUT2D eigenvalue weighted by Gasteiger charge is -2.21. The summed E-state index contributed by atoms with van der Waals surface area (Å²) >= 11 is 0. The van der Waals surface area contributed by atoms with Crippen molar-refractivity contribution in [3.8, 4) is 11.5 Å². The predicted octanol–water partition coefficient (Wildman–Crippen LogP) is 5.89. The van der Waals surface area contributed by atoms with E-state index < -0.39 is 0 Å². The van der Waals surface area contributed by atoms with Gasteiger partial charge in [0.15, 0.2) is 0 Å². The predicted molar refractivity (Wildman–Crippen MR) is 92.9 cm³/mol. The minimum absolute atomic E-state index is 0.344. The molecule has 0 unspecified atom stereocenters. The van der Waals surface area contributed by atoms with Crippen LogP contribution in [0.5, 0.6) is 11.5 Å². The van der Waals surface area contributed by atoms with Gasteiger partial charge in [-0.1, -0.05) is 45.4 Å². The zero-order valence-corrected chi connectivity index (χ0v) is 14.5. The van der Waals surface area contributed by atoms with Crippen LogP contribution in [0.15, 0.2) is 0 Å². The summed E-state index contributed by atoms with van der Waals surface area (Å²) in [7, 11) is 0. The minimum atomic E-state index is 0.344. The Balaban J connectivity index is 2.21. The Morgan fingerprint density at radius 3 is 2.14 bits per heavy atom. The third kappa shape index (κ3) is 3.59. The summed E-state index contributed by atoms with van der Waals surface area (Å²) in [5, 5.41) is 21.3. The van der Waals surface area contributed by atoms with Crippen LogP contribution in [0.4, 0.5) is 0 Å². The van der Waals surface area contributed by atoms with Gasteiger partial charge in [0, 0.05) is 5.56 Å². The van der Waals surface area contributed by atoms with E-state index in [0.29, 0.717) is 17.4 Å². The van der Waals surface area contributed by atoms with E-state index in [1.165, 1.54) is 38.5 Å². The molecule has 1 aromatic rings. The number of rotatable bonds is 7. The fourth-order valence-electron chi connectivity index (χ4n) is 3.87. The number of phenolic OH excluding ortho intramolecular Hbond substituents is 2. The molecule has 2 rings (SSSR count). The van der Waals surface area contributed by atoms with Crippen molar-refractivity contribution in [1.29, 1.82) is 0 Å². The summed E-state index contributed by atoms with van der Waals surface area (Å²) in [5.41, 5.74) is 3.95. The molecule has 1 aromatic carbocycles. The lowest BCUT2D eigenvalue weighted by atomic mass is 9.87. The third-order valence-electron chi connectivity index (χ3n) is 5.46. The maximum atomic E-state index is 10.8. The van der Waals surface area contributed by atoms with E-state index in [1.807, 2.05) is 13.8 Å². The van der Waals surface area contributed by atoms with E-state index in [0.717, 1.165) is 47.9 Å². The van der Waals surface area contributed by atoms with Crippen molar-refractivity contribution < 1.29 is 10.2 Å². The molecular weight excluding hydrogens is 272 g/mol. The average Bonchev–Trinajstić information content (AvgIpc) is 3.02. The van der Waals surface area contributed by atoms with Gasteiger partial charge in [0.1, 0.15) is 11.5 Å². The smallest absolute Gasteiger partial charge is 0.126 e. The zero-order chi connectivity index (χ0) is 16.1. The molecule has 0 radical (unpaired) electrons. The van der Waals surface area contributed by atoms with Gasteiger partial charge in [-0.05, 0) is 62.1 Å². The van der Waals surface area contributed by atoms with E-state index in [2.05, 4.69) is 6.92 Å². The number of phenols is 2. The van der Waals surface area contributed by atoms with Crippen molar-refractivity contribution in [3.63, 3.8) is 0 Å². The Morgan fingerprint density at radius 2 is 1.50 bits per heavy atom. The first-order valence-electron chi connectivity index (χ1n) is 9.11. The molecule has 2 heteroatoms. The molecule has 1 aliphatic carbocycles. The zero-order valence-electron chi connectivity index (χ0n) is 14.5. The number of aromatic hydroxyl groups is 2. The summed E-state index contributed by atoms with van der Waals surface area (Å²) in [5.74, 6) is 1.08. The van der Waals surface area contributed by atoms with Crippen molar-refractivity contribution in [3.05, 3.63) is 22.3 Å². The first kappa shape index (κ1) is 17.2. The summed E-state index contributed by atoms with van der Waals surface area (Å²) in [6.07, 6.45) is 11.7. The second kappa shape index (κ2) is 7.89. The van der Waals surface area contributed by atoms with Gasteiger partial charge in [-0.15, -0.1) is 0 Å². The van der Waals surface area contributed by atoms with Crippen LogP contribution in [-0.2, 0) is 6.42 Å². The molecular formula is C20H32O2. The van der Waals surface area contributed by atoms with Crippen molar-refractivity contribution in [1.82, 2.24) is 0 Å². The highest BCUT2D eigenvalue weighted by molar-refractivity contribution is 5.59. The molecule has 0 aliphatic heterocycles. The minimum Gasteiger partial charge on any atom is -0.507 e. The van der Waals surface area contributed by atoms with Crippen LogP contribution < -0.4 is 0 Å². The second-order valence-electron chi connectivity index (χ2n) is 6.99. The maximum absolute atomic E-state index is 10.8. The largest absolute Gasteiger partial charge is 0.507 e. The number of hydrogen-bond acceptors (Lipinski definition) is 2. The van der Waals surface area contributed by atoms with Crippen LogP contribution in [0.25, 0.3) is 0 Å². The van der Waals surface area contributed by atoms with Crippen LogP contribution in [-0.4, -0.2) is 10.2 Å². The molecule has 0 heterocycles. The Morgan fingerprint density at radius 1 is 0.864 bits per heavy atom. The van der Waals surface area contributed by atoms with Crippen molar-refractivity contribution in [2.75, 3.05) is 0 Å². The second-order valence-corrected chi connectivity index (χ2v) is 6.99. The van der Waals surface area contributed by atoms with Crippen molar-refractivity contribution >= 4 is 0 Å². The summed E-state index contributed by atoms with van der Waals surface area (Å²) in [6.45, 7) is 6.25. The summed E-state index contributed by atoms with van der Waals surface area (Å²) < 4.78 is 0. The van der Waals surface area contributed by atoms with E-state index in [9.17, 15) is 10.2 Å². The lowest BCUT2D eigenvalue weighted by Crippen LogP contribution is -2.02. The Bertz CT molecular complexity index is 499. The first-order chi connectivity index (χ1) is 10.6. The van der Waals surface area contributed by atoms with Gasteiger partial charge in [-0.3, -0.25) is 0 Å². The third-order valence-corrected chi connectivity index (χ3v) is 5.46. The Labute approximate surface area is 135 Å². The van der Waals surface area contributed by atoms with Gasteiger partial charge in [-0.2, -0.15) is 0 Å². The number of unbranched alkanes of at least 4 members (excludes halogenated alkanes) is 4. The molecule has 0 saturated heterocycles. The molecule has 0 spiro atoms. The molecule has 2 nitrogen and oxygen atoms in total. The highest BCUT2D eigenvalue weighted by Crippen LogP contribution is 2.47. The molecule has 1 saturated carbocycles. The van der Waals surface area contributed by atoms with Crippen LogP contribution in [0.1, 0.15) is 92.9 Å². The van der Waals surface area contributed by atoms with Crippen LogP contribution >= 0.6 is 0 Å². The Hall–Kier alpha value is -1.18. The van der Waals surface area contributed by atoms with Crippen LogP contribution in [0, 0.1) is 13.8 Å². The topological polar surface area (TPSA) is 40.5 Å². The molecule has 0 amide bonds.